The van der Waals surface area contributed by atoms with E-state index in [4.69, 9.17) is 20.3 Å². The largest absolute Gasteiger partial charge is 0.489 e. The van der Waals surface area contributed by atoms with Gasteiger partial charge in [0.15, 0.2) is 11.5 Å². The summed E-state index contributed by atoms with van der Waals surface area (Å²) in [6.07, 6.45) is 0. The molecule has 1 aromatic rings. The molecule has 1 aromatic carbocycles. The summed E-state index contributed by atoms with van der Waals surface area (Å²) in [7, 11) is 0. The molecule has 3 N–H and O–H groups in total. The number of ether oxygens (including phenoxy) is 2. The van der Waals surface area contributed by atoms with Crippen molar-refractivity contribution in [1.82, 2.24) is 0 Å². The average Bonchev–Trinajstić information content (AvgIpc) is 2.47. The van der Waals surface area contributed by atoms with Crippen molar-refractivity contribution in [2.45, 2.75) is 19.9 Å². The topological polar surface area (TPSA) is 81.8 Å². The van der Waals surface area contributed by atoms with Crippen molar-refractivity contribution in [2.24, 2.45) is 11.1 Å². The van der Waals surface area contributed by atoms with Gasteiger partial charge in [0.2, 0.25) is 0 Å². The van der Waals surface area contributed by atoms with Crippen LogP contribution in [-0.2, 0) is 4.79 Å². The smallest absolute Gasteiger partial charge is 0.325 e. The van der Waals surface area contributed by atoms with Crippen LogP contribution < -0.4 is 15.2 Å². The van der Waals surface area contributed by atoms with Gasteiger partial charge in [0, 0.05) is 5.41 Å². The predicted molar refractivity (Wildman–Crippen MR) is 65.8 cm³/mol. The van der Waals surface area contributed by atoms with Crippen molar-refractivity contribution >= 4 is 5.97 Å². The lowest BCUT2D eigenvalue weighted by atomic mass is 9.97. The summed E-state index contributed by atoms with van der Waals surface area (Å²) in [4.78, 5) is 10.8. The van der Waals surface area contributed by atoms with Crippen LogP contribution in [-0.4, -0.2) is 24.3 Å². The highest BCUT2D eigenvalue weighted by Crippen LogP contribution is 2.35. The molecule has 5 nitrogen and oxygen atoms in total. The molecule has 98 valence electrons. The van der Waals surface area contributed by atoms with E-state index in [1.165, 1.54) is 0 Å². The number of carbonyl (C=O) groups is 1. The first-order chi connectivity index (χ1) is 8.39. The Morgan fingerprint density at radius 1 is 1.33 bits per heavy atom. The molecule has 0 aromatic heterocycles. The van der Waals surface area contributed by atoms with Crippen LogP contribution in [0.2, 0.25) is 0 Å². The minimum absolute atomic E-state index is 0.0753. The zero-order valence-corrected chi connectivity index (χ0v) is 10.5. The summed E-state index contributed by atoms with van der Waals surface area (Å²) in [5, 5.41) is 8.88. The first-order valence-electron chi connectivity index (χ1n) is 5.77. The number of hydrogen-bond donors (Lipinski definition) is 2. The van der Waals surface area contributed by atoms with Gasteiger partial charge in [0.1, 0.15) is 6.04 Å². The highest BCUT2D eigenvalue weighted by Gasteiger charge is 2.26. The fourth-order valence-corrected chi connectivity index (χ4v) is 1.68. The minimum atomic E-state index is -1.06. The summed E-state index contributed by atoms with van der Waals surface area (Å²) in [6.45, 7) is 5.17. The summed E-state index contributed by atoms with van der Waals surface area (Å²) in [6, 6.07) is 3.94. The molecule has 5 heteroatoms. The van der Waals surface area contributed by atoms with Gasteiger partial charge >= 0.3 is 5.97 Å². The molecule has 1 atom stereocenters. The quantitative estimate of drug-likeness (QED) is 0.833. The predicted octanol–water partition coefficient (Wildman–Crippen LogP) is 1.57. The van der Waals surface area contributed by atoms with Crippen LogP contribution in [0.25, 0.3) is 0 Å². The van der Waals surface area contributed by atoms with E-state index in [1.807, 2.05) is 13.8 Å². The second-order valence-corrected chi connectivity index (χ2v) is 5.26. The van der Waals surface area contributed by atoms with Gasteiger partial charge in [0.25, 0.3) is 0 Å². The van der Waals surface area contributed by atoms with E-state index in [2.05, 4.69) is 0 Å². The zero-order chi connectivity index (χ0) is 13.3. The molecule has 1 aliphatic rings. The maximum Gasteiger partial charge on any atom is 0.325 e. The molecule has 0 bridgehead atoms. The van der Waals surface area contributed by atoms with E-state index < -0.39 is 12.0 Å². The highest BCUT2D eigenvalue weighted by atomic mass is 16.5. The summed E-state index contributed by atoms with van der Waals surface area (Å²) in [5.41, 5.74) is 6.00. The standard InChI is InChI=1S/C13H17NO4/c1-13(2)6-17-9-4-3-8(11(14)12(15)16)5-10(9)18-7-13/h3-5,11H,6-7,14H2,1-2H3,(H,15,16). The van der Waals surface area contributed by atoms with Gasteiger partial charge in [-0.1, -0.05) is 19.9 Å². The van der Waals surface area contributed by atoms with Gasteiger partial charge in [-0.05, 0) is 17.7 Å². The Morgan fingerprint density at radius 3 is 2.56 bits per heavy atom. The van der Waals surface area contributed by atoms with E-state index >= 15 is 0 Å². The van der Waals surface area contributed by atoms with Crippen LogP contribution in [0, 0.1) is 5.41 Å². The van der Waals surface area contributed by atoms with Gasteiger partial charge in [-0.3, -0.25) is 4.79 Å². The Kier molecular flexibility index (Phi) is 3.17. The molecule has 18 heavy (non-hydrogen) atoms. The van der Waals surface area contributed by atoms with Gasteiger partial charge in [-0.15, -0.1) is 0 Å². The summed E-state index contributed by atoms with van der Waals surface area (Å²) >= 11 is 0. The van der Waals surface area contributed by atoms with Crippen LogP contribution in [0.4, 0.5) is 0 Å². The van der Waals surface area contributed by atoms with Crippen LogP contribution >= 0.6 is 0 Å². The molecule has 0 radical (unpaired) electrons. The van der Waals surface area contributed by atoms with Crippen molar-refractivity contribution in [3.05, 3.63) is 23.8 Å². The molecular weight excluding hydrogens is 234 g/mol. The van der Waals surface area contributed by atoms with E-state index in [0.717, 1.165) is 0 Å². The Bertz CT molecular complexity index is 470. The van der Waals surface area contributed by atoms with E-state index in [9.17, 15) is 4.79 Å². The Labute approximate surface area is 106 Å². The minimum Gasteiger partial charge on any atom is -0.489 e. The molecule has 0 aliphatic carbocycles. The number of carboxylic acids is 1. The molecule has 0 saturated heterocycles. The number of fused-ring (bicyclic) bond motifs is 1. The third kappa shape index (κ3) is 2.56. The maximum atomic E-state index is 10.8. The van der Waals surface area contributed by atoms with Crippen molar-refractivity contribution in [2.75, 3.05) is 13.2 Å². The Morgan fingerprint density at radius 2 is 1.94 bits per heavy atom. The van der Waals surface area contributed by atoms with Gasteiger partial charge in [-0.2, -0.15) is 0 Å². The lowest BCUT2D eigenvalue weighted by Crippen LogP contribution is -2.26. The number of rotatable bonds is 2. The fourth-order valence-electron chi connectivity index (χ4n) is 1.68. The molecule has 1 unspecified atom stereocenters. The van der Waals surface area contributed by atoms with E-state index in [0.29, 0.717) is 30.3 Å². The number of benzene rings is 1. The summed E-state index contributed by atoms with van der Waals surface area (Å²) < 4.78 is 11.3. The molecule has 0 spiro atoms. The number of hydrogen-bond acceptors (Lipinski definition) is 4. The highest BCUT2D eigenvalue weighted by molar-refractivity contribution is 5.75. The first kappa shape index (κ1) is 12.7. The van der Waals surface area contributed by atoms with E-state index in [1.54, 1.807) is 18.2 Å². The zero-order valence-electron chi connectivity index (χ0n) is 10.5. The van der Waals surface area contributed by atoms with Crippen LogP contribution in [0.5, 0.6) is 11.5 Å². The van der Waals surface area contributed by atoms with Crippen molar-refractivity contribution in [3.8, 4) is 11.5 Å². The third-order valence-corrected chi connectivity index (χ3v) is 2.83. The van der Waals surface area contributed by atoms with Crippen LogP contribution in [0.15, 0.2) is 18.2 Å². The molecule has 0 saturated carbocycles. The number of aliphatic carboxylic acids is 1. The van der Waals surface area contributed by atoms with Crippen molar-refractivity contribution in [1.29, 1.82) is 0 Å². The Balaban J connectivity index is 2.28. The molecule has 2 rings (SSSR count). The SMILES string of the molecule is CC1(C)COc2ccc(C(N)C(=O)O)cc2OC1. The van der Waals surface area contributed by atoms with Crippen molar-refractivity contribution in [3.63, 3.8) is 0 Å². The van der Waals surface area contributed by atoms with Crippen LogP contribution in [0.3, 0.4) is 0 Å². The molecule has 0 fully saturated rings. The van der Waals surface area contributed by atoms with Gasteiger partial charge in [0.05, 0.1) is 13.2 Å². The first-order valence-corrected chi connectivity index (χ1v) is 5.77. The molecule has 1 aliphatic heterocycles. The molecule has 1 heterocycles. The monoisotopic (exact) mass is 251 g/mol. The van der Waals surface area contributed by atoms with Crippen LogP contribution in [0.1, 0.15) is 25.5 Å². The van der Waals surface area contributed by atoms with Gasteiger partial charge < -0.3 is 20.3 Å². The maximum absolute atomic E-state index is 10.8. The van der Waals surface area contributed by atoms with Gasteiger partial charge in [-0.25, -0.2) is 0 Å². The number of carboxylic acid groups (broad SMARTS) is 1. The third-order valence-electron chi connectivity index (χ3n) is 2.83. The summed E-state index contributed by atoms with van der Waals surface area (Å²) in [5.74, 6) is 0.113. The van der Waals surface area contributed by atoms with E-state index in [-0.39, 0.29) is 5.41 Å². The average molecular weight is 251 g/mol. The molecule has 0 amide bonds. The number of nitrogens with two attached hydrogens (primary N) is 1. The Hall–Kier alpha value is -1.75. The lowest BCUT2D eigenvalue weighted by molar-refractivity contribution is -0.138. The van der Waals surface area contributed by atoms with Crippen molar-refractivity contribution < 1.29 is 19.4 Å². The fraction of sp³-hybridized carbons (Fsp3) is 0.462. The second kappa shape index (κ2) is 4.49. The second-order valence-electron chi connectivity index (χ2n) is 5.26. The molecular formula is C13H17NO4. The lowest BCUT2D eigenvalue weighted by Gasteiger charge is -2.19. The normalized spacial score (nSPS) is 18.8.